The smallest absolute Gasteiger partial charge is 0.218 e. The predicted octanol–water partition coefficient (Wildman–Crippen LogP) is -0.473. The van der Waals surface area contributed by atoms with Gasteiger partial charge in [0.15, 0.2) is 0 Å². The average Bonchev–Trinajstić information content (AvgIpc) is 2.01. The van der Waals surface area contributed by atoms with Gasteiger partial charge in [0.1, 0.15) is 5.78 Å². The molecule has 0 aliphatic carbocycles. The minimum absolute atomic E-state index is 0.269. The van der Waals surface area contributed by atoms with Gasteiger partial charge in [0, 0.05) is 19.4 Å². The number of hydrogen-bond donors (Lipinski definition) is 1. The molecule has 0 unspecified atom stereocenters. The number of piperidine rings is 1. The molecule has 1 amide bonds. The first-order valence-electron chi connectivity index (χ1n) is 4.21. The molecule has 1 heterocycles. The molecule has 0 aromatic carbocycles. The van der Waals surface area contributed by atoms with Gasteiger partial charge in [-0.2, -0.15) is 0 Å². The second-order valence-electron chi connectivity index (χ2n) is 3.13. The first kappa shape index (κ1) is 9.19. The molecule has 0 radical (unpaired) electrons. The van der Waals surface area contributed by atoms with E-state index >= 15 is 0 Å². The Bertz CT molecular complexity index is 191. The standard InChI is InChI=1S/C8H14N2O2/c9-8(12)3-5-10-4-1-2-7(11)6-10/h1-6H2,(H2,9,12). The van der Waals surface area contributed by atoms with Crippen molar-refractivity contribution in [1.29, 1.82) is 0 Å². The number of Topliss-reactive ketones (excluding diaryl/α,β-unsaturated/α-hetero) is 1. The van der Waals surface area contributed by atoms with Crippen molar-refractivity contribution in [1.82, 2.24) is 4.90 Å². The maximum absolute atomic E-state index is 11.0. The third-order valence-electron chi connectivity index (χ3n) is 2.00. The zero-order valence-corrected chi connectivity index (χ0v) is 7.08. The Kier molecular flexibility index (Phi) is 3.22. The van der Waals surface area contributed by atoms with Gasteiger partial charge in [-0.15, -0.1) is 0 Å². The van der Waals surface area contributed by atoms with Gasteiger partial charge in [-0.05, 0) is 13.0 Å². The van der Waals surface area contributed by atoms with Crippen molar-refractivity contribution in [3.05, 3.63) is 0 Å². The van der Waals surface area contributed by atoms with Crippen LogP contribution < -0.4 is 5.73 Å². The van der Waals surface area contributed by atoms with E-state index in [2.05, 4.69) is 0 Å². The molecule has 0 spiro atoms. The zero-order valence-electron chi connectivity index (χ0n) is 7.08. The van der Waals surface area contributed by atoms with Gasteiger partial charge in [0.2, 0.25) is 5.91 Å². The zero-order chi connectivity index (χ0) is 8.97. The summed E-state index contributed by atoms with van der Waals surface area (Å²) in [7, 11) is 0. The summed E-state index contributed by atoms with van der Waals surface area (Å²) in [6, 6.07) is 0. The van der Waals surface area contributed by atoms with Gasteiger partial charge < -0.3 is 5.73 Å². The Balaban J connectivity index is 2.23. The van der Waals surface area contributed by atoms with Crippen LogP contribution in [0.1, 0.15) is 19.3 Å². The fraction of sp³-hybridized carbons (Fsp3) is 0.750. The van der Waals surface area contributed by atoms with Gasteiger partial charge in [0.25, 0.3) is 0 Å². The molecule has 0 aromatic heterocycles. The number of hydrogen-bond acceptors (Lipinski definition) is 3. The summed E-state index contributed by atoms with van der Waals surface area (Å²) in [5.74, 6) is -0.0289. The summed E-state index contributed by atoms with van der Waals surface area (Å²) in [5.41, 5.74) is 4.99. The van der Waals surface area contributed by atoms with E-state index in [9.17, 15) is 9.59 Å². The average molecular weight is 170 g/mol. The van der Waals surface area contributed by atoms with E-state index in [1.165, 1.54) is 0 Å². The SMILES string of the molecule is NC(=O)CCN1CCCC(=O)C1. The molecular weight excluding hydrogens is 156 g/mol. The van der Waals surface area contributed by atoms with E-state index in [0.29, 0.717) is 25.9 Å². The number of likely N-dealkylation sites (tertiary alicyclic amines) is 1. The van der Waals surface area contributed by atoms with Crippen LogP contribution in [0.5, 0.6) is 0 Å². The lowest BCUT2D eigenvalue weighted by Crippen LogP contribution is -2.37. The van der Waals surface area contributed by atoms with Gasteiger partial charge in [-0.1, -0.05) is 0 Å². The third kappa shape index (κ3) is 3.00. The molecule has 0 saturated carbocycles. The summed E-state index contributed by atoms with van der Waals surface area (Å²) in [4.78, 5) is 23.4. The maximum atomic E-state index is 11.0. The summed E-state index contributed by atoms with van der Waals surface area (Å²) in [6.45, 7) is 2.04. The molecule has 2 N–H and O–H groups in total. The van der Waals surface area contributed by atoms with Gasteiger partial charge in [-0.25, -0.2) is 0 Å². The van der Waals surface area contributed by atoms with Crippen molar-refractivity contribution in [2.24, 2.45) is 5.73 Å². The molecule has 12 heavy (non-hydrogen) atoms. The Morgan fingerprint density at radius 3 is 2.92 bits per heavy atom. The fourth-order valence-corrected chi connectivity index (χ4v) is 1.37. The molecule has 0 bridgehead atoms. The molecule has 1 aliphatic rings. The molecule has 0 atom stereocenters. The molecule has 1 saturated heterocycles. The molecule has 1 rings (SSSR count). The van der Waals surface area contributed by atoms with Crippen molar-refractivity contribution in [3.63, 3.8) is 0 Å². The van der Waals surface area contributed by atoms with Crippen LogP contribution in [0.25, 0.3) is 0 Å². The second-order valence-corrected chi connectivity index (χ2v) is 3.13. The van der Waals surface area contributed by atoms with E-state index in [1.54, 1.807) is 0 Å². The fourth-order valence-electron chi connectivity index (χ4n) is 1.37. The summed E-state index contributed by atoms with van der Waals surface area (Å²) >= 11 is 0. The maximum Gasteiger partial charge on any atom is 0.218 e. The molecule has 68 valence electrons. The number of primary amides is 1. The van der Waals surface area contributed by atoms with E-state index in [1.807, 2.05) is 4.90 Å². The van der Waals surface area contributed by atoms with E-state index in [4.69, 9.17) is 5.73 Å². The second kappa shape index (κ2) is 4.21. The minimum atomic E-state index is -0.298. The predicted molar refractivity (Wildman–Crippen MR) is 44.5 cm³/mol. The lowest BCUT2D eigenvalue weighted by molar-refractivity contribution is -0.123. The van der Waals surface area contributed by atoms with Crippen LogP contribution in [0.3, 0.4) is 0 Å². The van der Waals surface area contributed by atoms with E-state index < -0.39 is 0 Å². The van der Waals surface area contributed by atoms with Crippen LogP contribution in [0.2, 0.25) is 0 Å². The number of nitrogens with zero attached hydrogens (tertiary/aromatic N) is 1. The third-order valence-corrected chi connectivity index (χ3v) is 2.00. The Morgan fingerprint density at radius 2 is 2.33 bits per heavy atom. The number of rotatable bonds is 3. The number of amides is 1. The molecule has 0 aromatic rings. The van der Waals surface area contributed by atoms with Crippen LogP contribution in [0.4, 0.5) is 0 Å². The number of nitrogens with two attached hydrogens (primary N) is 1. The van der Waals surface area contributed by atoms with Crippen molar-refractivity contribution >= 4 is 11.7 Å². The quantitative estimate of drug-likeness (QED) is 0.622. The number of carbonyl (C=O) groups is 2. The molecule has 1 fully saturated rings. The molecular formula is C8H14N2O2. The lowest BCUT2D eigenvalue weighted by Gasteiger charge is -2.24. The van der Waals surface area contributed by atoms with E-state index in [-0.39, 0.29) is 11.7 Å². The van der Waals surface area contributed by atoms with Crippen LogP contribution in [0.15, 0.2) is 0 Å². The normalized spacial score (nSPS) is 19.5. The highest BCUT2D eigenvalue weighted by Gasteiger charge is 2.16. The van der Waals surface area contributed by atoms with Crippen LogP contribution in [0, 0.1) is 0 Å². The van der Waals surface area contributed by atoms with Gasteiger partial charge in [-0.3, -0.25) is 14.5 Å². The first-order valence-corrected chi connectivity index (χ1v) is 4.21. The van der Waals surface area contributed by atoms with Gasteiger partial charge in [0.05, 0.1) is 6.54 Å². The molecule has 4 nitrogen and oxygen atoms in total. The molecule has 4 heteroatoms. The topological polar surface area (TPSA) is 63.4 Å². The lowest BCUT2D eigenvalue weighted by atomic mass is 10.1. The highest BCUT2D eigenvalue weighted by Crippen LogP contribution is 2.05. The van der Waals surface area contributed by atoms with Crippen molar-refractivity contribution < 1.29 is 9.59 Å². The first-order chi connectivity index (χ1) is 5.68. The molecule has 1 aliphatic heterocycles. The summed E-state index contributed by atoms with van der Waals surface area (Å²) in [5, 5.41) is 0. The Morgan fingerprint density at radius 1 is 1.58 bits per heavy atom. The Hall–Kier alpha value is -0.900. The highest BCUT2D eigenvalue weighted by atomic mass is 16.1. The van der Waals surface area contributed by atoms with Crippen molar-refractivity contribution in [2.45, 2.75) is 19.3 Å². The summed E-state index contributed by atoms with van der Waals surface area (Å²) in [6.07, 6.45) is 1.96. The van der Waals surface area contributed by atoms with Crippen molar-refractivity contribution in [2.75, 3.05) is 19.6 Å². The van der Waals surface area contributed by atoms with Gasteiger partial charge >= 0.3 is 0 Å². The van der Waals surface area contributed by atoms with E-state index in [0.717, 1.165) is 13.0 Å². The van der Waals surface area contributed by atoms with Crippen LogP contribution in [-0.2, 0) is 9.59 Å². The van der Waals surface area contributed by atoms with Crippen LogP contribution in [-0.4, -0.2) is 36.2 Å². The monoisotopic (exact) mass is 170 g/mol. The largest absolute Gasteiger partial charge is 0.370 e. The highest BCUT2D eigenvalue weighted by molar-refractivity contribution is 5.81. The Labute approximate surface area is 71.7 Å². The summed E-state index contributed by atoms with van der Waals surface area (Å²) < 4.78 is 0. The number of ketones is 1. The van der Waals surface area contributed by atoms with Crippen molar-refractivity contribution in [3.8, 4) is 0 Å². The van der Waals surface area contributed by atoms with Crippen LogP contribution >= 0.6 is 0 Å². The number of carbonyl (C=O) groups excluding carboxylic acids is 2. The minimum Gasteiger partial charge on any atom is -0.370 e.